The molecule has 1 fully saturated rings. The van der Waals surface area contributed by atoms with Crippen LogP contribution in [0, 0.1) is 0 Å². The van der Waals surface area contributed by atoms with Gasteiger partial charge in [0.1, 0.15) is 12.3 Å². The molecule has 1 aliphatic heterocycles. The number of guanidine groups is 1. The SMILES string of the molecule is CCNC(=NCC(=O)N1CCCC1)NCCCc1ccc(OC)cc1.I. The first kappa shape index (κ1) is 22.5. The number of nitrogens with zero attached hydrogens (tertiary/aromatic N) is 2. The highest BCUT2D eigenvalue weighted by atomic mass is 127. The van der Waals surface area contributed by atoms with Crippen molar-refractivity contribution in [3.8, 4) is 5.75 Å². The zero-order chi connectivity index (χ0) is 17.9. The van der Waals surface area contributed by atoms with Crippen LogP contribution in [0.5, 0.6) is 5.75 Å². The number of aryl methyl sites for hydroxylation is 1. The normalized spacial score (nSPS) is 13.9. The van der Waals surface area contributed by atoms with E-state index in [1.54, 1.807) is 7.11 Å². The molecule has 6 nitrogen and oxygen atoms in total. The smallest absolute Gasteiger partial charge is 0.244 e. The second-order valence-corrected chi connectivity index (χ2v) is 6.16. The number of carbonyl (C=O) groups is 1. The standard InChI is InChI=1S/C19H30N4O2.HI/c1-3-20-19(22-15-18(24)23-13-4-5-14-23)21-12-6-7-16-8-10-17(25-2)11-9-16;/h8-11H,3-7,12-15H2,1-2H3,(H2,20,21,22);1H. The van der Waals surface area contributed by atoms with Crippen molar-refractivity contribution in [2.75, 3.05) is 39.8 Å². The molecule has 0 aliphatic carbocycles. The fourth-order valence-electron chi connectivity index (χ4n) is 2.85. The first-order valence-corrected chi connectivity index (χ1v) is 9.16. The molecule has 1 heterocycles. The zero-order valence-electron chi connectivity index (χ0n) is 15.8. The van der Waals surface area contributed by atoms with Crippen LogP contribution in [-0.4, -0.2) is 56.6 Å². The fourth-order valence-corrected chi connectivity index (χ4v) is 2.85. The lowest BCUT2D eigenvalue weighted by Gasteiger charge is -2.15. The zero-order valence-corrected chi connectivity index (χ0v) is 18.1. The molecule has 7 heteroatoms. The Labute approximate surface area is 173 Å². The van der Waals surface area contributed by atoms with E-state index in [9.17, 15) is 4.79 Å². The van der Waals surface area contributed by atoms with Gasteiger partial charge in [-0.1, -0.05) is 12.1 Å². The van der Waals surface area contributed by atoms with Gasteiger partial charge in [-0.25, -0.2) is 4.99 Å². The van der Waals surface area contributed by atoms with Crippen LogP contribution in [-0.2, 0) is 11.2 Å². The van der Waals surface area contributed by atoms with Gasteiger partial charge in [0, 0.05) is 26.2 Å². The van der Waals surface area contributed by atoms with E-state index in [2.05, 4.69) is 27.8 Å². The fraction of sp³-hybridized carbons (Fsp3) is 0.579. The first-order valence-electron chi connectivity index (χ1n) is 9.16. The van der Waals surface area contributed by atoms with E-state index in [0.29, 0.717) is 5.96 Å². The van der Waals surface area contributed by atoms with Crippen LogP contribution in [0.25, 0.3) is 0 Å². The monoisotopic (exact) mass is 474 g/mol. The molecule has 0 atom stereocenters. The minimum absolute atomic E-state index is 0. The van der Waals surface area contributed by atoms with Gasteiger partial charge in [-0.2, -0.15) is 0 Å². The van der Waals surface area contributed by atoms with Gasteiger partial charge >= 0.3 is 0 Å². The van der Waals surface area contributed by atoms with Gasteiger partial charge in [0.05, 0.1) is 7.11 Å². The first-order chi connectivity index (χ1) is 12.2. The van der Waals surface area contributed by atoms with Crippen LogP contribution in [0.2, 0.25) is 0 Å². The molecule has 1 saturated heterocycles. The van der Waals surface area contributed by atoms with E-state index in [1.165, 1.54) is 5.56 Å². The van der Waals surface area contributed by atoms with Crippen molar-refractivity contribution in [1.82, 2.24) is 15.5 Å². The number of likely N-dealkylation sites (tertiary alicyclic amines) is 1. The Morgan fingerprint density at radius 3 is 2.50 bits per heavy atom. The molecule has 0 saturated carbocycles. The van der Waals surface area contributed by atoms with Gasteiger partial charge in [0.15, 0.2) is 5.96 Å². The number of rotatable bonds is 8. The second-order valence-electron chi connectivity index (χ2n) is 6.16. The summed E-state index contributed by atoms with van der Waals surface area (Å²) in [6.07, 6.45) is 4.21. The molecule has 0 aromatic heterocycles. The number of nitrogens with one attached hydrogen (secondary N) is 2. The van der Waals surface area contributed by atoms with Gasteiger partial charge in [-0.3, -0.25) is 4.79 Å². The molecule has 2 rings (SSSR count). The predicted molar refractivity (Wildman–Crippen MR) is 117 cm³/mol. The number of methoxy groups -OCH3 is 1. The summed E-state index contributed by atoms with van der Waals surface area (Å²) in [5.74, 6) is 1.71. The molecule has 0 radical (unpaired) electrons. The van der Waals surface area contributed by atoms with Gasteiger partial charge in [-0.15, -0.1) is 24.0 Å². The minimum atomic E-state index is 0. The lowest BCUT2D eigenvalue weighted by molar-refractivity contribution is -0.128. The van der Waals surface area contributed by atoms with Crippen molar-refractivity contribution in [3.63, 3.8) is 0 Å². The van der Waals surface area contributed by atoms with Crippen molar-refractivity contribution >= 4 is 35.8 Å². The van der Waals surface area contributed by atoms with Gasteiger partial charge < -0.3 is 20.3 Å². The average Bonchev–Trinajstić information content (AvgIpc) is 3.18. The molecule has 0 spiro atoms. The summed E-state index contributed by atoms with van der Waals surface area (Å²) in [6, 6.07) is 8.15. The summed E-state index contributed by atoms with van der Waals surface area (Å²) in [7, 11) is 1.68. The third-order valence-electron chi connectivity index (χ3n) is 4.27. The molecular formula is C19H31IN4O2. The third-order valence-corrected chi connectivity index (χ3v) is 4.27. The van der Waals surface area contributed by atoms with Gasteiger partial charge in [0.2, 0.25) is 5.91 Å². The van der Waals surface area contributed by atoms with Crippen molar-refractivity contribution in [2.45, 2.75) is 32.6 Å². The summed E-state index contributed by atoms with van der Waals surface area (Å²) in [6.45, 7) is 5.59. The maximum atomic E-state index is 12.1. The number of amides is 1. The van der Waals surface area contributed by atoms with Crippen LogP contribution >= 0.6 is 24.0 Å². The molecule has 1 aromatic rings. The largest absolute Gasteiger partial charge is 0.497 e. The summed E-state index contributed by atoms with van der Waals surface area (Å²) in [5, 5.41) is 6.50. The van der Waals surface area contributed by atoms with Crippen LogP contribution in [0.1, 0.15) is 31.7 Å². The summed E-state index contributed by atoms with van der Waals surface area (Å²) in [4.78, 5) is 18.4. The molecule has 0 bridgehead atoms. The number of carbonyl (C=O) groups excluding carboxylic acids is 1. The summed E-state index contributed by atoms with van der Waals surface area (Å²) >= 11 is 0. The number of aliphatic imine (C=N–C) groups is 1. The van der Waals surface area contributed by atoms with Crippen LogP contribution in [0.15, 0.2) is 29.3 Å². The van der Waals surface area contributed by atoms with Crippen molar-refractivity contribution in [2.24, 2.45) is 4.99 Å². The molecule has 1 aromatic carbocycles. The maximum Gasteiger partial charge on any atom is 0.244 e. The van der Waals surface area contributed by atoms with E-state index in [-0.39, 0.29) is 36.4 Å². The van der Waals surface area contributed by atoms with Crippen molar-refractivity contribution < 1.29 is 9.53 Å². The van der Waals surface area contributed by atoms with Crippen LogP contribution in [0.4, 0.5) is 0 Å². The molecule has 0 unspecified atom stereocenters. The minimum Gasteiger partial charge on any atom is -0.497 e. The Kier molecular flexibility index (Phi) is 11.1. The molecular weight excluding hydrogens is 443 g/mol. The van der Waals surface area contributed by atoms with E-state index in [4.69, 9.17) is 4.74 Å². The Morgan fingerprint density at radius 2 is 1.88 bits per heavy atom. The number of hydrogen-bond acceptors (Lipinski definition) is 3. The quantitative estimate of drug-likeness (QED) is 0.263. The van der Waals surface area contributed by atoms with E-state index in [1.807, 2.05) is 24.0 Å². The highest BCUT2D eigenvalue weighted by molar-refractivity contribution is 14.0. The number of benzene rings is 1. The molecule has 2 N–H and O–H groups in total. The third kappa shape index (κ3) is 7.80. The Hall–Kier alpha value is -1.51. The number of halogens is 1. The number of hydrogen-bond donors (Lipinski definition) is 2. The highest BCUT2D eigenvalue weighted by Crippen LogP contribution is 2.12. The summed E-state index contributed by atoms with van der Waals surface area (Å²) < 4.78 is 5.17. The molecule has 26 heavy (non-hydrogen) atoms. The second kappa shape index (κ2) is 12.8. The van der Waals surface area contributed by atoms with Crippen LogP contribution < -0.4 is 15.4 Å². The lowest BCUT2D eigenvalue weighted by atomic mass is 10.1. The topological polar surface area (TPSA) is 66.0 Å². The van der Waals surface area contributed by atoms with Gasteiger partial charge in [0.25, 0.3) is 0 Å². The van der Waals surface area contributed by atoms with Gasteiger partial charge in [-0.05, 0) is 50.3 Å². The predicted octanol–water partition coefficient (Wildman–Crippen LogP) is 2.42. The van der Waals surface area contributed by atoms with Crippen molar-refractivity contribution in [1.29, 1.82) is 0 Å². The number of ether oxygens (including phenoxy) is 1. The lowest BCUT2D eigenvalue weighted by Crippen LogP contribution is -2.39. The Morgan fingerprint density at radius 1 is 1.19 bits per heavy atom. The molecule has 1 aliphatic rings. The van der Waals surface area contributed by atoms with E-state index >= 15 is 0 Å². The van der Waals surface area contributed by atoms with Crippen LogP contribution in [0.3, 0.4) is 0 Å². The Bertz CT molecular complexity index is 557. The van der Waals surface area contributed by atoms with E-state index < -0.39 is 0 Å². The Balaban J connectivity index is 0.00000338. The molecule has 146 valence electrons. The molecule has 1 amide bonds. The van der Waals surface area contributed by atoms with Crippen molar-refractivity contribution in [3.05, 3.63) is 29.8 Å². The van der Waals surface area contributed by atoms with E-state index in [0.717, 1.165) is 57.6 Å². The summed E-state index contributed by atoms with van der Waals surface area (Å²) in [5.41, 5.74) is 1.29. The maximum absolute atomic E-state index is 12.1. The average molecular weight is 474 g/mol. The highest BCUT2D eigenvalue weighted by Gasteiger charge is 2.17.